The van der Waals surface area contributed by atoms with E-state index in [1.54, 1.807) is 0 Å². The molecule has 0 amide bonds. The fourth-order valence-electron chi connectivity index (χ4n) is 4.82. The molecule has 2 bridgehead atoms. The van der Waals surface area contributed by atoms with E-state index in [2.05, 4.69) is 9.71 Å². The average molecular weight is 333 g/mol. The molecule has 5 atom stereocenters. The van der Waals surface area contributed by atoms with E-state index in [9.17, 15) is 8.42 Å². The fraction of sp³-hybridized carbons (Fsp3) is 0.769. The van der Waals surface area contributed by atoms with Gasteiger partial charge in [-0.05, 0) is 49.4 Å². The summed E-state index contributed by atoms with van der Waals surface area (Å²) in [6, 6.07) is 0.116. The molecule has 1 aromatic rings. The summed E-state index contributed by atoms with van der Waals surface area (Å²) in [6.45, 7) is 0. The standard InChI is InChI=1S/C13H17ClN2O2S2/c14-13-15-6-12(19-13)20(17,18)16-11-5-7-4-10(11)9-3-1-2-8(7)9/h6-11,16H,1-5H2. The zero-order chi connectivity index (χ0) is 13.9. The van der Waals surface area contributed by atoms with Gasteiger partial charge in [0.2, 0.25) is 0 Å². The van der Waals surface area contributed by atoms with Gasteiger partial charge >= 0.3 is 0 Å². The monoisotopic (exact) mass is 332 g/mol. The van der Waals surface area contributed by atoms with Crippen LogP contribution in [0.2, 0.25) is 4.47 Å². The SMILES string of the molecule is O=S(=O)(NC1CC2CC1C1CCCC21)c1cnc(Cl)s1. The van der Waals surface area contributed by atoms with Crippen molar-refractivity contribution in [1.82, 2.24) is 9.71 Å². The first-order valence-electron chi connectivity index (χ1n) is 7.18. The zero-order valence-electron chi connectivity index (χ0n) is 11.0. The van der Waals surface area contributed by atoms with Crippen LogP contribution in [0.15, 0.2) is 10.4 Å². The summed E-state index contributed by atoms with van der Waals surface area (Å²) >= 11 is 6.76. The molecule has 5 unspecified atom stereocenters. The van der Waals surface area contributed by atoms with Crippen LogP contribution in [0.1, 0.15) is 32.1 Å². The third-order valence-corrected chi connectivity index (χ3v) is 8.52. The lowest BCUT2D eigenvalue weighted by Crippen LogP contribution is -2.42. The lowest BCUT2D eigenvalue weighted by molar-refractivity contribution is 0.224. The summed E-state index contributed by atoms with van der Waals surface area (Å²) in [6.07, 6.45) is 7.54. The largest absolute Gasteiger partial charge is 0.251 e. The lowest BCUT2D eigenvalue weighted by Gasteiger charge is -2.31. The van der Waals surface area contributed by atoms with Gasteiger partial charge in [-0.2, -0.15) is 0 Å². The number of rotatable bonds is 3. The van der Waals surface area contributed by atoms with E-state index in [-0.39, 0.29) is 14.7 Å². The molecule has 4 rings (SSSR count). The van der Waals surface area contributed by atoms with Crippen molar-refractivity contribution in [2.45, 2.75) is 42.4 Å². The van der Waals surface area contributed by atoms with Crippen molar-refractivity contribution >= 4 is 33.0 Å². The van der Waals surface area contributed by atoms with Gasteiger partial charge < -0.3 is 0 Å². The minimum atomic E-state index is -3.45. The molecule has 3 aliphatic carbocycles. The average Bonchev–Trinajstić information content (AvgIpc) is 3.06. The Bertz CT molecular complexity index is 630. The van der Waals surface area contributed by atoms with Crippen molar-refractivity contribution in [3.8, 4) is 0 Å². The van der Waals surface area contributed by atoms with Gasteiger partial charge in [-0.15, -0.1) is 0 Å². The molecule has 3 aliphatic rings. The Kier molecular flexibility index (Phi) is 3.15. The third kappa shape index (κ3) is 2.03. The van der Waals surface area contributed by atoms with Crippen molar-refractivity contribution in [3.63, 3.8) is 0 Å². The smallest absolute Gasteiger partial charge is 0.232 e. The van der Waals surface area contributed by atoms with E-state index in [4.69, 9.17) is 11.6 Å². The highest BCUT2D eigenvalue weighted by Gasteiger charge is 2.54. The van der Waals surface area contributed by atoms with E-state index in [0.717, 1.165) is 35.5 Å². The lowest BCUT2D eigenvalue weighted by atomic mass is 9.79. The molecule has 7 heteroatoms. The number of fused-ring (bicyclic) bond motifs is 5. The molecule has 0 spiro atoms. The number of aromatic nitrogens is 1. The molecule has 1 heterocycles. The predicted octanol–water partition coefficient (Wildman–Crippen LogP) is 2.90. The summed E-state index contributed by atoms with van der Waals surface area (Å²) in [5.74, 6) is 2.92. The molecule has 3 saturated carbocycles. The molecular weight excluding hydrogens is 316 g/mol. The first-order valence-corrected chi connectivity index (χ1v) is 9.86. The Balaban J connectivity index is 1.53. The topological polar surface area (TPSA) is 59.1 Å². The number of sulfonamides is 1. The Morgan fingerprint density at radius 1 is 1.25 bits per heavy atom. The zero-order valence-corrected chi connectivity index (χ0v) is 13.3. The summed E-state index contributed by atoms with van der Waals surface area (Å²) in [7, 11) is -3.45. The van der Waals surface area contributed by atoms with Crippen molar-refractivity contribution in [1.29, 1.82) is 0 Å². The predicted molar refractivity (Wildman–Crippen MR) is 78.3 cm³/mol. The highest BCUT2D eigenvalue weighted by molar-refractivity contribution is 7.91. The van der Waals surface area contributed by atoms with Crippen molar-refractivity contribution < 1.29 is 8.42 Å². The van der Waals surface area contributed by atoms with Gasteiger partial charge in [-0.3, -0.25) is 0 Å². The van der Waals surface area contributed by atoms with Crippen LogP contribution in [0.5, 0.6) is 0 Å². The van der Waals surface area contributed by atoms with Crippen molar-refractivity contribution in [2.24, 2.45) is 23.7 Å². The number of nitrogens with zero attached hydrogens (tertiary/aromatic N) is 1. The first-order chi connectivity index (χ1) is 9.54. The van der Waals surface area contributed by atoms with Crippen LogP contribution in [0.3, 0.4) is 0 Å². The van der Waals surface area contributed by atoms with E-state index < -0.39 is 10.0 Å². The summed E-state index contributed by atoms with van der Waals surface area (Å²) in [4.78, 5) is 3.82. The Morgan fingerprint density at radius 3 is 2.80 bits per heavy atom. The molecule has 4 nitrogen and oxygen atoms in total. The second-order valence-corrected chi connectivity index (χ2v) is 9.87. The molecule has 20 heavy (non-hydrogen) atoms. The maximum absolute atomic E-state index is 12.4. The normalized spacial score (nSPS) is 39.4. The minimum Gasteiger partial charge on any atom is -0.232 e. The van der Waals surface area contributed by atoms with Gasteiger partial charge in [0.05, 0.1) is 6.20 Å². The van der Waals surface area contributed by atoms with Crippen LogP contribution in [-0.2, 0) is 10.0 Å². The van der Waals surface area contributed by atoms with Gasteiger partial charge in [-0.25, -0.2) is 18.1 Å². The number of hydrogen-bond donors (Lipinski definition) is 1. The fourth-order valence-corrected chi connectivity index (χ4v) is 7.43. The molecule has 0 radical (unpaired) electrons. The second kappa shape index (κ2) is 4.66. The van der Waals surface area contributed by atoms with Gasteiger partial charge in [-0.1, -0.05) is 29.4 Å². The summed E-state index contributed by atoms with van der Waals surface area (Å²) in [5, 5.41) is 0. The summed E-state index contributed by atoms with van der Waals surface area (Å²) in [5.41, 5.74) is 0. The van der Waals surface area contributed by atoms with Crippen LogP contribution < -0.4 is 4.72 Å². The van der Waals surface area contributed by atoms with E-state index >= 15 is 0 Å². The Morgan fingerprint density at radius 2 is 2.05 bits per heavy atom. The van der Waals surface area contributed by atoms with Crippen molar-refractivity contribution in [2.75, 3.05) is 0 Å². The molecular formula is C13H17ClN2O2S2. The third-order valence-electron chi connectivity index (χ3n) is 5.46. The minimum absolute atomic E-state index is 0.116. The van der Waals surface area contributed by atoms with Crippen LogP contribution in [0.25, 0.3) is 0 Å². The molecule has 110 valence electrons. The van der Waals surface area contributed by atoms with Gasteiger partial charge in [0.25, 0.3) is 10.0 Å². The number of halogens is 1. The van der Waals surface area contributed by atoms with Crippen LogP contribution in [0.4, 0.5) is 0 Å². The molecule has 0 aromatic carbocycles. The van der Waals surface area contributed by atoms with Crippen molar-refractivity contribution in [3.05, 3.63) is 10.7 Å². The molecule has 1 N–H and O–H groups in total. The van der Waals surface area contributed by atoms with Crippen LogP contribution in [0, 0.1) is 23.7 Å². The maximum Gasteiger partial charge on any atom is 0.251 e. The second-order valence-electron chi connectivity index (χ2n) is 6.31. The number of hydrogen-bond acceptors (Lipinski definition) is 4. The molecule has 0 saturated heterocycles. The molecule has 3 fully saturated rings. The van der Waals surface area contributed by atoms with E-state index in [1.807, 2.05) is 0 Å². The first kappa shape index (κ1) is 13.5. The Labute approximate surface area is 128 Å². The molecule has 0 aliphatic heterocycles. The van der Waals surface area contributed by atoms with E-state index in [0.29, 0.717) is 5.92 Å². The highest BCUT2D eigenvalue weighted by Crippen LogP contribution is 2.58. The van der Waals surface area contributed by atoms with Gasteiger partial charge in [0.1, 0.15) is 0 Å². The van der Waals surface area contributed by atoms with Gasteiger partial charge in [0, 0.05) is 6.04 Å². The van der Waals surface area contributed by atoms with Gasteiger partial charge in [0.15, 0.2) is 8.68 Å². The maximum atomic E-state index is 12.4. The number of thiazole rings is 1. The number of nitrogens with one attached hydrogen (secondary N) is 1. The quantitative estimate of drug-likeness (QED) is 0.925. The van der Waals surface area contributed by atoms with Crippen LogP contribution >= 0.6 is 22.9 Å². The Hall–Kier alpha value is -0.170. The highest BCUT2D eigenvalue weighted by atomic mass is 35.5. The summed E-state index contributed by atoms with van der Waals surface area (Å²) < 4.78 is 28.2. The molecule has 1 aromatic heterocycles. The van der Waals surface area contributed by atoms with E-state index in [1.165, 1.54) is 31.9 Å². The van der Waals surface area contributed by atoms with Crippen LogP contribution in [-0.4, -0.2) is 19.4 Å².